The third-order valence-corrected chi connectivity index (χ3v) is 6.42. The van der Waals surface area contributed by atoms with Gasteiger partial charge in [0, 0.05) is 35.7 Å². The second-order valence-electron chi connectivity index (χ2n) is 7.40. The van der Waals surface area contributed by atoms with E-state index in [1.54, 1.807) is 0 Å². The monoisotopic (exact) mass is 310 g/mol. The van der Waals surface area contributed by atoms with Crippen LogP contribution in [0.15, 0.2) is 24.3 Å². The van der Waals surface area contributed by atoms with E-state index in [4.69, 9.17) is 4.74 Å². The molecule has 1 aromatic carbocycles. The Morgan fingerprint density at radius 1 is 1.35 bits per heavy atom. The molecule has 1 aromatic heterocycles. The number of para-hydroxylation sites is 1. The van der Waals surface area contributed by atoms with E-state index in [2.05, 4.69) is 34.1 Å². The van der Waals surface area contributed by atoms with E-state index in [-0.39, 0.29) is 12.0 Å². The fraction of sp³-hybridized carbons (Fsp3) is 0.526. The molecular weight excluding hydrogens is 288 g/mol. The number of aromatic nitrogens is 1. The van der Waals surface area contributed by atoms with Gasteiger partial charge in [0.1, 0.15) is 5.41 Å². The molecule has 1 unspecified atom stereocenters. The molecule has 1 saturated carbocycles. The molecule has 1 N–H and O–H groups in total. The summed E-state index contributed by atoms with van der Waals surface area (Å²) < 4.78 is 5.34. The molecule has 3 aliphatic heterocycles. The number of piperidine rings is 2. The van der Waals surface area contributed by atoms with Gasteiger partial charge in [0.05, 0.1) is 7.11 Å². The predicted octanol–water partition coefficient (Wildman–Crippen LogP) is 2.62. The van der Waals surface area contributed by atoms with Crippen LogP contribution in [0.25, 0.3) is 10.9 Å². The van der Waals surface area contributed by atoms with Crippen LogP contribution in [0.5, 0.6) is 0 Å². The maximum Gasteiger partial charge on any atom is 0.319 e. The molecule has 4 aliphatic rings. The van der Waals surface area contributed by atoms with Crippen molar-refractivity contribution < 1.29 is 9.53 Å². The van der Waals surface area contributed by atoms with Gasteiger partial charge in [-0.15, -0.1) is 0 Å². The lowest BCUT2D eigenvalue weighted by atomic mass is 9.60. The van der Waals surface area contributed by atoms with Gasteiger partial charge in [0.2, 0.25) is 0 Å². The number of H-pyrrole nitrogens is 1. The second-order valence-corrected chi connectivity index (χ2v) is 7.40. The minimum Gasteiger partial charge on any atom is -0.468 e. The summed E-state index contributed by atoms with van der Waals surface area (Å²) in [4.78, 5) is 19.2. The van der Waals surface area contributed by atoms with Crippen molar-refractivity contribution in [2.75, 3.05) is 20.2 Å². The van der Waals surface area contributed by atoms with E-state index in [9.17, 15) is 4.79 Å². The van der Waals surface area contributed by atoms with Crippen LogP contribution < -0.4 is 0 Å². The molecule has 4 heteroatoms. The number of fused-ring (bicyclic) bond motifs is 4. The predicted molar refractivity (Wildman–Crippen MR) is 88.4 cm³/mol. The summed E-state index contributed by atoms with van der Waals surface area (Å²) in [5.74, 6) is 0.558. The SMILES string of the molecule is COC(=O)[C@@]12C[C@H]3CC[C@@H]1N(CCc1c2[nH]c2ccccc12)C3. The van der Waals surface area contributed by atoms with E-state index < -0.39 is 5.41 Å². The minimum atomic E-state index is -0.499. The van der Waals surface area contributed by atoms with Gasteiger partial charge in [-0.3, -0.25) is 9.69 Å². The number of methoxy groups -OCH3 is 1. The highest BCUT2D eigenvalue weighted by atomic mass is 16.5. The molecule has 4 heterocycles. The van der Waals surface area contributed by atoms with Crippen molar-refractivity contribution in [3.05, 3.63) is 35.5 Å². The standard InChI is InChI=1S/C19H22N2O2/c1-23-18(22)19-10-12-6-7-16(19)21(11-12)9-8-14-13-4-2-3-5-15(13)20-17(14)19/h2-5,12,16,20H,6-11H2,1H3/t12-,16+,19+/m1/s1. The molecule has 6 rings (SSSR count). The average Bonchev–Trinajstić information content (AvgIpc) is 2.94. The Morgan fingerprint density at radius 3 is 3.04 bits per heavy atom. The van der Waals surface area contributed by atoms with Crippen LogP contribution in [0.3, 0.4) is 0 Å². The van der Waals surface area contributed by atoms with Gasteiger partial charge in [-0.25, -0.2) is 0 Å². The van der Waals surface area contributed by atoms with Crippen molar-refractivity contribution in [3.8, 4) is 0 Å². The number of hydrogen-bond acceptors (Lipinski definition) is 3. The van der Waals surface area contributed by atoms with Crippen LogP contribution in [0.2, 0.25) is 0 Å². The van der Waals surface area contributed by atoms with E-state index in [1.165, 1.54) is 24.5 Å². The van der Waals surface area contributed by atoms with Crippen LogP contribution in [-0.2, 0) is 21.4 Å². The maximum absolute atomic E-state index is 13.0. The summed E-state index contributed by atoms with van der Waals surface area (Å²) in [6, 6.07) is 8.73. The maximum atomic E-state index is 13.0. The number of nitrogens with one attached hydrogen (secondary N) is 1. The number of esters is 1. The largest absolute Gasteiger partial charge is 0.468 e. The zero-order chi connectivity index (χ0) is 15.6. The summed E-state index contributed by atoms with van der Waals surface area (Å²) >= 11 is 0. The third kappa shape index (κ3) is 1.62. The van der Waals surface area contributed by atoms with Gasteiger partial charge in [-0.2, -0.15) is 0 Å². The third-order valence-electron chi connectivity index (χ3n) is 6.42. The molecule has 0 radical (unpaired) electrons. The molecule has 1 aliphatic carbocycles. The van der Waals surface area contributed by atoms with Crippen molar-refractivity contribution in [2.45, 2.75) is 37.1 Å². The Hall–Kier alpha value is -1.81. The summed E-state index contributed by atoms with van der Waals surface area (Å²) in [6.45, 7) is 2.19. The first-order valence-corrected chi connectivity index (χ1v) is 8.66. The fourth-order valence-electron chi connectivity index (χ4n) is 5.56. The summed E-state index contributed by atoms with van der Waals surface area (Å²) in [7, 11) is 1.54. The molecule has 23 heavy (non-hydrogen) atoms. The van der Waals surface area contributed by atoms with E-state index in [0.29, 0.717) is 5.92 Å². The smallest absolute Gasteiger partial charge is 0.319 e. The molecule has 4 atom stereocenters. The number of hydrogen-bond donors (Lipinski definition) is 1. The van der Waals surface area contributed by atoms with Gasteiger partial charge in [0.15, 0.2) is 0 Å². The molecule has 4 nitrogen and oxygen atoms in total. The lowest BCUT2D eigenvalue weighted by Crippen LogP contribution is -2.64. The number of benzene rings is 1. The van der Waals surface area contributed by atoms with Crippen LogP contribution in [0.1, 0.15) is 30.5 Å². The first-order valence-electron chi connectivity index (χ1n) is 8.66. The van der Waals surface area contributed by atoms with Gasteiger partial charge in [0.25, 0.3) is 0 Å². The summed E-state index contributed by atoms with van der Waals surface area (Å²) in [6.07, 6.45) is 4.30. The first-order chi connectivity index (χ1) is 11.2. The Kier molecular flexibility index (Phi) is 2.72. The quantitative estimate of drug-likeness (QED) is 0.824. The first kappa shape index (κ1) is 13.6. The molecular formula is C19H22N2O2. The van der Waals surface area contributed by atoms with Gasteiger partial charge < -0.3 is 9.72 Å². The van der Waals surface area contributed by atoms with E-state index in [0.717, 1.165) is 43.6 Å². The van der Waals surface area contributed by atoms with Crippen LogP contribution >= 0.6 is 0 Å². The zero-order valence-electron chi connectivity index (χ0n) is 13.5. The molecule has 2 aromatic rings. The number of aromatic amines is 1. The van der Waals surface area contributed by atoms with Crippen molar-refractivity contribution in [3.63, 3.8) is 0 Å². The normalized spacial score (nSPS) is 34.9. The lowest BCUT2D eigenvalue weighted by Gasteiger charge is -2.54. The van der Waals surface area contributed by atoms with Crippen LogP contribution in [0.4, 0.5) is 0 Å². The molecule has 120 valence electrons. The zero-order valence-corrected chi connectivity index (χ0v) is 13.5. The van der Waals surface area contributed by atoms with Gasteiger partial charge in [-0.1, -0.05) is 18.2 Å². The number of rotatable bonds is 1. The number of carbonyl (C=O) groups excluding carboxylic acids is 1. The highest BCUT2D eigenvalue weighted by Gasteiger charge is 2.59. The highest BCUT2D eigenvalue weighted by molar-refractivity contribution is 5.91. The lowest BCUT2D eigenvalue weighted by molar-refractivity contribution is -0.158. The summed E-state index contributed by atoms with van der Waals surface area (Å²) in [5.41, 5.74) is 3.13. The van der Waals surface area contributed by atoms with E-state index in [1.807, 2.05) is 0 Å². The number of carbonyl (C=O) groups is 1. The molecule has 4 bridgehead atoms. The number of nitrogens with zero attached hydrogens (tertiary/aromatic N) is 1. The molecule has 2 saturated heterocycles. The van der Waals surface area contributed by atoms with Crippen LogP contribution in [0, 0.1) is 5.92 Å². The summed E-state index contributed by atoms with van der Waals surface area (Å²) in [5, 5.41) is 1.27. The molecule has 0 amide bonds. The Bertz CT molecular complexity index is 796. The Balaban J connectivity index is 1.81. The molecule has 0 spiro atoms. The average molecular weight is 310 g/mol. The topological polar surface area (TPSA) is 45.3 Å². The fourth-order valence-corrected chi connectivity index (χ4v) is 5.56. The number of ether oxygens (including phenoxy) is 1. The van der Waals surface area contributed by atoms with Crippen molar-refractivity contribution in [1.82, 2.24) is 9.88 Å². The Labute approximate surface area is 135 Å². The van der Waals surface area contributed by atoms with Crippen molar-refractivity contribution in [2.24, 2.45) is 5.92 Å². The van der Waals surface area contributed by atoms with Gasteiger partial charge in [-0.05, 0) is 43.2 Å². The van der Waals surface area contributed by atoms with Gasteiger partial charge >= 0.3 is 5.97 Å². The minimum absolute atomic E-state index is 0.0494. The van der Waals surface area contributed by atoms with Crippen LogP contribution in [-0.4, -0.2) is 42.1 Å². The van der Waals surface area contributed by atoms with Crippen molar-refractivity contribution in [1.29, 1.82) is 0 Å². The van der Waals surface area contributed by atoms with Crippen molar-refractivity contribution >= 4 is 16.9 Å². The molecule has 3 fully saturated rings. The highest BCUT2D eigenvalue weighted by Crippen LogP contribution is 2.52. The second kappa shape index (κ2) is 4.60. The Morgan fingerprint density at radius 2 is 2.22 bits per heavy atom. The van der Waals surface area contributed by atoms with E-state index >= 15 is 0 Å².